The summed E-state index contributed by atoms with van der Waals surface area (Å²) in [6.45, 7) is 2.39. The fourth-order valence-corrected chi connectivity index (χ4v) is 3.01. The third kappa shape index (κ3) is 5.28. The minimum absolute atomic E-state index is 0.0424. The van der Waals surface area contributed by atoms with Crippen LogP contribution < -0.4 is 9.88 Å². The van der Waals surface area contributed by atoms with Gasteiger partial charge in [0.25, 0.3) is 5.91 Å². The second-order valence-electron chi connectivity index (χ2n) is 6.62. The van der Waals surface area contributed by atoms with E-state index in [4.69, 9.17) is 0 Å². The molecule has 3 rings (SSSR count). The maximum Gasteiger partial charge on any atom is 0.286 e. The summed E-state index contributed by atoms with van der Waals surface area (Å²) >= 11 is 0. The first-order valence-electron chi connectivity index (χ1n) is 9.08. The van der Waals surface area contributed by atoms with E-state index < -0.39 is 0 Å². The van der Waals surface area contributed by atoms with Gasteiger partial charge >= 0.3 is 0 Å². The molecule has 3 aromatic rings. The summed E-state index contributed by atoms with van der Waals surface area (Å²) in [5.41, 5.74) is 3.56. The maximum atomic E-state index is 12.4. The molecule has 1 amide bonds. The van der Waals surface area contributed by atoms with E-state index in [1.165, 1.54) is 5.56 Å². The zero-order chi connectivity index (χ0) is 18.2. The summed E-state index contributed by atoms with van der Waals surface area (Å²) in [6.07, 6.45) is 5.85. The number of pyridine rings is 1. The smallest absolute Gasteiger partial charge is 0.286 e. The van der Waals surface area contributed by atoms with Crippen LogP contribution in [0.15, 0.2) is 85.2 Å². The van der Waals surface area contributed by atoms with E-state index in [1.54, 1.807) is 0 Å². The van der Waals surface area contributed by atoms with E-state index in [2.05, 4.69) is 54.7 Å². The molecule has 1 N–H and O–H groups in total. The Morgan fingerprint density at radius 1 is 0.923 bits per heavy atom. The predicted molar refractivity (Wildman–Crippen MR) is 104 cm³/mol. The first-order chi connectivity index (χ1) is 12.7. The molecule has 3 heteroatoms. The van der Waals surface area contributed by atoms with Gasteiger partial charge in [0.2, 0.25) is 6.54 Å². The zero-order valence-electron chi connectivity index (χ0n) is 15.1. The van der Waals surface area contributed by atoms with Crippen LogP contribution in [0.4, 0.5) is 0 Å². The van der Waals surface area contributed by atoms with Crippen LogP contribution in [0.3, 0.4) is 0 Å². The number of nitrogens with one attached hydrogen (secondary N) is 1. The highest BCUT2D eigenvalue weighted by Gasteiger charge is 2.13. The highest BCUT2D eigenvalue weighted by atomic mass is 16.2. The van der Waals surface area contributed by atoms with E-state index in [1.807, 2.05) is 47.3 Å². The largest absolute Gasteiger partial charge is 0.348 e. The molecular formula is C23H25N2O+. The van der Waals surface area contributed by atoms with Gasteiger partial charge < -0.3 is 5.32 Å². The minimum atomic E-state index is 0.0424. The summed E-state index contributed by atoms with van der Waals surface area (Å²) in [4.78, 5) is 12.4. The van der Waals surface area contributed by atoms with Crippen molar-refractivity contribution in [2.45, 2.75) is 32.4 Å². The van der Waals surface area contributed by atoms with Gasteiger partial charge in [-0.25, -0.2) is 0 Å². The van der Waals surface area contributed by atoms with Gasteiger partial charge in [-0.3, -0.25) is 4.79 Å². The van der Waals surface area contributed by atoms with Crippen LogP contribution in [-0.4, -0.2) is 11.9 Å². The van der Waals surface area contributed by atoms with Crippen molar-refractivity contribution in [1.82, 2.24) is 5.32 Å². The molecule has 0 saturated carbocycles. The molecule has 0 fully saturated rings. The summed E-state index contributed by atoms with van der Waals surface area (Å²) in [7, 11) is 0. The van der Waals surface area contributed by atoms with E-state index >= 15 is 0 Å². The second kappa shape index (κ2) is 8.95. The van der Waals surface area contributed by atoms with Crippen LogP contribution >= 0.6 is 0 Å². The summed E-state index contributed by atoms with van der Waals surface area (Å²) in [5, 5.41) is 3.10. The first kappa shape index (κ1) is 17.9. The Morgan fingerprint density at radius 2 is 1.58 bits per heavy atom. The lowest BCUT2D eigenvalue weighted by Crippen LogP contribution is -2.45. The monoisotopic (exact) mass is 345 g/mol. The molecule has 0 bridgehead atoms. The Labute approximate surface area is 155 Å². The van der Waals surface area contributed by atoms with Gasteiger partial charge in [0.05, 0.1) is 0 Å². The zero-order valence-corrected chi connectivity index (χ0v) is 15.1. The number of amides is 1. The summed E-state index contributed by atoms with van der Waals surface area (Å²) < 4.78 is 1.93. The number of rotatable bonds is 7. The van der Waals surface area contributed by atoms with Gasteiger partial charge in [0.1, 0.15) is 0 Å². The van der Waals surface area contributed by atoms with Crippen molar-refractivity contribution < 1.29 is 9.36 Å². The quantitative estimate of drug-likeness (QED) is 0.650. The Hall–Kier alpha value is -2.94. The average Bonchev–Trinajstić information content (AvgIpc) is 2.68. The SMILES string of the molecule is C[C@H](CCc1ccccc1)NC(=O)C[n+]1cccc(-c2ccccc2)c1. The molecule has 0 aliphatic heterocycles. The first-order valence-corrected chi connectivity index (χ1v) is 9.08. The van der Waals surface area contributed by atoms with Crippen LogP contribution in [0.2, 0.25) is 0 Å². The number of hydrogen-bond acceptors (Lipinski definition) is 1. The minimum Gasteiger partial charge on any atom is -0.348 e. The molecule has 26 heavy (non-hydrogen) atoms. The van der Waals surface area contributed by atoms with Gasteiger partial charge in [0.15, 0.2) is 12.4 Å². The lowest BCUT2D eigenvalue weighted by Gasteiger charge is -2.12. The Balaban J connectivity index is 1.53. The lowest BCUT2D eigenvalue weighted by molar-refractivity contribution is -0.684. The molecular weight excluding hydrogens is 320 g/mol. The van der Waals surface area contributed by atoms with Crippen LogP contribution in [0.5, 0.6) is 0 Å². The molecule has 1 atom stereocenters. The van der Waals surface area contributed by atoms with Gasteiger partial charge in [-0.1, -0.05) is 60.7 Å². The molecule has 1 heterocycles. The third-order valence-corrected chi connectivity index (χ3v) is 4.41. The molecule has 132 valence electrons. The van der Waals surface area contributed by atoms with Crippen molar-refractivity contribution in [3.05, 3.63) is 90.8 Å². The summed E-state index contributed by atoms with van der Waals surface area (Å²) in [6, 6.07) is 24.8. The normalized spacial score (nSPS) is 11.7. The van der Waals surface area contributed by atoms with Gasteiger partial charge in [-0.2, -0.15) is 4.57 Å². The molecule has 0 spiro atoms. The number of aromatic nitrogens is 1. The second-order valence-corrected chi connectivity index (χ2v) is 6.62. The molecule has 0 aliphatic carbocycles. The fourth-order valence-electron chi connectivity index (χ4n) is 3.01. The van der Waals surface area contributed by atoms with Gasteiger partial charge in [0, 0.05) is 17.7 Å². The molecule has 0 saturated heterocycles. The Kier molecular flexibility index (Phi) is 6.15. The van der Waals surface area contributed by atoms with Crippen molar-refractivity contribution in [2.75, 3.05) is 0 Å². The highest BCUT2D eigenvalue weighted by molar-refractivity contribution is 5.74. The Morgan fingerprint density at radius 3 is 2.31 bits per heavy atom. The number of benzene rings is 2. The number of carbonyl (C=O) groups excluding carboxylic acids is 1. The highest BCUT2D eigenvalue weighted by Crippen LogP contribution is 2.15. The van der Waals surface area contributed by atoms with E-state index in [-0.39, 0.29) is 11.9 Å². The Bertz CT molecular complexity index is 831. The predicted octanol–water partition coefficient (Wildman–Crippen LogP) is 3.78. The number of hydrogen-bond donors (Lipinski definition) is 1. The topological polar surface area (TPSA) is 33.0 Å². The number of nitrogens with zero attached hydrogens (tertiary/aromatic N) is 1. The molecule has 0 radical (unpaired) electrons. The standard InChI is InChI=1S/C23H24N2O/c1-19(14-15-20-9-4-2-5-10-20)24-23(26)18-25-16-8-13-22(17-25)21-11-6-3-7-12-21/h2-13,16-17,19H,14-15,18H2,1H3/p+1/t19-/m1/s1. The van der Waals surface area contributed by atoms with Crippen molar-refractivity contribution in [2.24, 2.45) is 0 Å². The van der Waals surface area contributed by atoms with Crippen molar-refractivity contribution in [3.8, 4) is 11.1 Å². The van der Waals surface area contributed by atoms with Crippen molar-refractivity contribution in [1.29, 1.82) is 0 Å². The average molecular weight is 345 g/mol. The third-order valence-electron chi connectivity index (χ3n) is 4.41. The number of aryl methyl sites for hydroxylation is 1. The van der Waals surface area contributed by atoms with E-state index in [9.17, 15) is 4.79 Å². The fraction of sp³-hybridized carbons (Fsp3) is 0.217. The van der Waals surface area contributed by atoms with Crippen LogP contribution in [-0.2, 0) is 17.8 Å². The molecule has 0 unspecified atom stereocenters. The summed E-state index contributed by atoms with van der Waals surface area (Å²) in [5.74, 6) is 0.0424. The van der Waals surface area contributed by atoms with E-state index in [0.29, 0.717) is 6.54 Å². The maximum absolute atomic E-state index is 12.4. The molecule has 1 aromatic heterocycles. The van der Waals surface area contributed by atoms with Gasteiger partial charge in [-0.15, -0.1) is 0 Å². The molecule has 2 aromatic carbocycles. The molecule has 0 aliphatic rings. The van der Waals surface area contributed by atoms with Crippen molar-refractivity contribution >= 4 is 5.91 Å². The van der Waals surface area contributed by atoms with E-state index in [0.717, 1.165) is 24.0 Å². The number of carbonyl (C=O) groups is 1. The van der Waals surface area contributed by atoms with Crippen LogP contribution in [0.1, 0.15) is 18.9 Å². The van der Waals surface area contributed by atoms with Crippen molar-refractivity contribution in [3.63, 3.8) is 0 Å². The lowest BCUT2D eigenvalue weighted by atomic mass is 10.1. The van der Waals surface area contributed by atoms with Crippen LogP contribution in [0, 0.1) is 0 Å². The molecule has 3 nitrogen and oxygen atoms in total. The van der Waals surface area contributed by atoms with Gasteiger partial charge in [-0.05, 0) is 37.0 Å². The van der Waals surface area contributed by atoms with Crippen LogP contribution in [0.25, 0.3) is 11.1 Å².